The average molecular weight is 222 g/mol. The fourth-order valence-electron chi connectivity index (χ4n) is 1.43. The van der Waals surface area contributed by atoms with Crippen LogP contribution < -0.4 is 16.0 Å². The van der Waals surface area contributed by atoms with Gasteiger partial charge in [-0.1, -0.05) is 0 Å². The number of halogens is 1. The molecule has 2 aliphatic rings. The summed E-state index contributed by atoms with van der Waals surface area (Å²) in [4.78, 5) is 11.5. The van der Waals surface area contributed by atoms with Gasteiger partial charge in [0.15, 0.2) is 0 Å². The number of amides is 1. The highest BCUT2D eigenvalue weighted by Gasteiger charge is 2.25. The molecule has 0 aliphatic carbocycles. The van der Waals surface area contributed by atoms with Crippen molar-refractivity contribution in [2.75, 3.05) is 32.8 Å². The molecule has 2 saturated heterocycles. The van der Waals surface area contributed by atoms with E-state index in [4.69, 9.17) is 4.74 Å². The highest BCUT2D eigenvalue weighted by Crippen LogP contribution is 1.96. The normalized spacial score (nSPS) is 27.3. The predicted molar refractivity (Wildman–Crippen MR) is 54.7 cm³/mol. The largest absolute Gasteiger partial charge is 0.378 e. The van der Waals surface area contributed by atoms with Gasteiger partial charge in [-0.2, -0.15) is 0 Å². The summed E-state index contributed by atoms with van der Waals surface area (Å²) in [5, 5.41) is 9.16. The minimum Gasteiger partial charge on any atom is -0.378 e. The molecule has 6 heteroatoms. The minimum atomic E-state index is -0.158. The highest BCUT2D eigenvalue weighted by atomic mass is 35.5. The minimum absolute atomic E-state index is 0. The Morgan fingerprint density at radius 1 is 1.43 bits per heavy atom. The summed E-state index contributed by atoms with van der Waals surface area (Å²) in [5.74, 6) is 0.0613. The molecule has 2 heterocycles. The first-order valence-electron chi connectivity index (χ1n) is 4.68. The fraction of sp³-hybridized carbons (Fsp3) is 0.875. The van der Waals surface area contributed by atoms with Crippen molar-refractivity contribution in [3.05, 3.63) is 0 Å². The van der Waals surface area contributed by atoms with E-state index in [0.717, 1.165) is 19.6 Å². The van der Waals surface area contributed by atoms with E-state index in [-0.39, 0.29) is 24.4 Å². The van der Waals surface area contributed by atoms with Crippen molar-refractivity contribution >= 4 is 18.3 Å². The van der Waals surface area contributed by atoms with Gasteiger partial charge in [-0.25, -0.2) is 0 Å². The smallest absolute Gasteiger partial charge is 0.239 e. The van der Waals surface area contributed by atoms with Gasteiger partial charge < -0.3 is 20.7 Å². The van der Waals surface area contributed by atoms with Gasteiger partial charge in [0.05, 0.1) is 19.3 Å². The molecule has 0 radical (unpaired) electrons. The third-order valence-electron chi connectivity index (χ3n) is 2.37. The van der Waals surface area contributed by atoms with Gasteiger partial charge in [0.25, 0.3) is 0 Å². The standard InChI is InChI=1S/C8H15N3O2.ClH/c12-8(11-6-3-9-4-6)7-5-13-2-1-10-7;/h6-7,9-10H,1-5H2,(H,11,12);1H/t7-;/m1./s1. The van der Waals surface area contributed by atoms with Crippen molar-refractivity contribution in [1.29, 1.82) is 0 Å². The summed E-state index contributed by atoms with van der Waals surface area (Å²) in [7, 11) is 0. The van der Waals surface area contributed by atoms with E-state index in [9.17, 15) is 4.79 Å². The van der Waals surface area contributed by atoms with E-state index in [0.29, 0.717) is 19.3 Å². The van der Waals surface area contributed by atoms with Crippen LogP contribution in [0.5, 0.6) is 0 Å². The molecule has 0 aromatic carbocycles. The Hall–Kier alpha value is -0.360. The molecular formula is C8H16ClN3O2. The summed E-state index contributed by atoms with van der Waals surface area (Å²) in [6.07, 6.45) is 0. The van der Waals surface area contributed by atoms with Crippen LogP contribution in [0.4, 0.5) is 0 Å². The number of hydrogen-bond acceptors (Lipinski definition) is 4. The fourth-order valence-corrected chi connectivity index (χ4v) is 1.43. The Morgan fingerprint density at radius 3 is 2.71 bits per heavy atom. The van der Waals surface area contributed by atoms with Gasteiger partial charge in [0.1, 0.15) is 6.04 Å². The van der Waals surface area contributed by atoms with Crippen LogP contribution in [0.2, 0.25) is 0 Å². The molecule has 5 nitrogen and oxygen atoms in total. The van der Waals surface area contributed by atoms with Gasteiger partial charge in [-0.05, 0) is 0 Å². The molecule has 2 rings (SSSR count). The molecule has 2 fully saturated rings. The molecule has 0 saturated carbocycles. The van der Waals surface area contributed by atoms with Crippen molar-refractivity contribution in [1.82, 2.24) is 16.0 Å². The van der Waals surface area contributed by atoms with Gasteiger partial charge in [0, 0.05) is 19.6 Å². The number of morpholine rings is 1. The molecule has 1 atom stereocenters. The van der Waals surface area contributed by atoms with Crippen LogP contribution in [-0.2, 0) is 9.53 Å². The number of ether oxygens (including phenoxy) is 1. The monoisotopic (exact) mass is 221 g/mol. The molecule has 1 amide bonds. The number of hydrogen-bond donors (Lipinski definition) is 3. The quantitative estimate of drug-likeness (QED) is 0.531. The zero-order valence-corrected chi connectivity index (χ0v) is 8.73. The summed E-state index contributed by atoms with van der Waals surface area (Å²) in [6, 6.07) is 0.158. The zero-order valence-electron chi connectivity index (χ0n) is 7.91. The van der Waals surface area contributed by atoms with Gasteiger partial charge >= 0.3 is 0 Å². The second-order valence-corrected chi connectivity index (χ2v) is 3.45. The number of carbonyl (C=O) groups is 1. The van der Waals surface area contributed by atoms with Crippen molar-refractivity contribution in [3.63, 3.8) is 0 Å². The van der Waals surface area contributed by atoms with Crippen molar-refractivity contribution < 1.29 is 9.53 Å². The van der Waals surface area contributed by atoms with E-state index in [1.54, 1.807) is 0 Å². The zero-order chi connectivity index (χ0) is 9.10. The molecule has 82 valence electrons. The SMILES string of the molecule is Cl.O=C(NC1CNC1)[C@H]1COCCN1. The summed E-state index contributed by atoms with van der Waals surface area (Å²) in [6.45, 7) is 3.74. The van der Waals surface area contributed by atoms with Gasteiger partial charge in [-0.3, -0.25) is 4.79 Å². The second kappa shape index (κ2) is 5.50. The first kappa shape index (κ1) is 11.7. The second-order valence-electron chi connectivity index (χ2n) is 3.45. The Balaban J connectivity index is 0.000000980. The van der Waals surface area contributed by atoms with Crippen LogP contribution in [0.25, 0.3) is 0 Å². The Bertz CT molecular complexity index is 193. The van der Waals surface area contributed by atoms with Crippen LogP contribution in [0, 0.1) is 0 Å². The molecule has 0 aromatic rings. The number of nitrogens with one attached hydrogen (secondary N) is 3. The Kier molecular flexibility index (Phi) is 4.60. The van der Waals surface area contributed by atoms with E-state index in [1.807, 2.05) is 0 Å². The van der Waals surface area contributed by atoms with Crippen LogP contribution in [0.3, 0.4) is 0 Å². The molecule has 0 spiro atoms. The van der Waals surface area contributed by atoms with Crippen molar-refractivity contribution in [2.24, 2.45) is 0 Å². The van der Waals surface area contributed by atoms with E-state index in [2.05, 4.69) is 16.0 Å². The van der Waals surface area contributed by atoms with Gasteiger partial charge in [-0.15, -0.1) is 12.4 Å². The molecule has 3 N–H and O–H groups in total. The van der Waals surface area contributed by atoms with Crippen molar-refractivity contribution in [2.45, 2.75) is 12.1 Å². The third-order valence-corrected chi connectivity index (χ3v) is 2.37. The lowest BCUT2D eigenvalue weighted by Gasteiger charge is -2.31. The lowest BCUT2D eigenvalue weighted by atomic mass is 10.1. The highest BCUT2D eigenvalue weighted by molar-refractivity contribution is 5.85. The summed E-state index contributed by atoms with van der Waals surface area (Å²) in [5.41, 5.74) is 0. The average Bonchev–Trinajstić information content (AvgIpc) is 2.12. The first-order valence-corrected chi connectivity index (χ1v) is 4.68. The molecule has 0 unspecified atom stereocenters. The van der Waals surface area contributed by atoms with Crippen LogP contribution in [0.15, 0.2) is 0 Å². The summed E-state index contributed by atoms with van der Waals surface area (Å²) < 4.78 is 5.20. The molecule has 0 aromatic heterocycles. The van der Waals surface area contributed by atoms with E-state index < -0.39 is 0 Å². The third kappa shape index (κ3) is 2.81. The maximum absolute atomic E-state index is 11.5. The van der Waals surface area contributed by atoms with Crippen molar-refractivity contribution in [3.8, 4) is 0 Å². The maximum atomic E-state index is 11.5. The number of rotatable bonds is 2. The molecule has 14 heavy (non-hydrogen) atoms. The summed E-state index contributed by atoms with van der Waals surface area (Å²) >= 11 is 0. The lowest BCUT2D eigenvalue weighted by molar-refractivity contribution is -0.126. The lowest BCUT2D eigenvalue weighted by Crippen LogP contribution is -2.61. The van der Waals surface area contributed by atoms with Gasteiger partial charge in [0.2, 0.25) is 5.91 Å². The molecule has 2 aliphatic heterocycles. The maximum Gasteiger partial charge on any atom is 0.239 e. The number of carbonyl (C=O) groups excluding carboxylic acids is 1. The van der Waals surface area contributed by atoms with Crippen LogP contribution >= 0.6 is 12.4 Å². The van der Waals surface area contributed by atoms with Crippen LogP contribution in [0.1, 0.15) is 0 Å². The molecular weight excluding hydrogens is 206 g/mol. The Labute approximate surface area is 89.4 Å². The Morgan fingerprint density at radius 2 is 2.21 bits per heavy atom. The van der Waals surface area contributed by atoms with E-state index >= 15 is 0 Å². The first-order chi connectivity index (χ1) is 6.36. The van der Waals surface area contributed by atoms with E-state index in [1.165, 1.54) is 0 Å². The molecule has 0 bridgehead atoms. The van der Waals surface area contributed by atoms with Crippen LogP contribution in [-0.4, -0.2) is 50.8 Å². The predicted octanol–water partition coefficient (Wildman–Crippen LogP) is -1.52. The topological polar surface area (TPSA) is 62.4 Å².